The highest BCUT2D eigenvalue weighted by Gasteiger charge is 2.37. The predicted octanol–water partition coefficient (Wildman–Crippen LogP) is 1.04. The Morgan fingerprint density at radius 3 is 2.62 bits per heavy atom. The van der Waals surface area contributed by atoms with Crippen LogP contribution in [0.5, 0.6) is 0 Å². The molecule has 2 fully saturated rings. The van der Waals surface area contributed by atoms with Crippen LogP contribution in [0.2, 0.25) is 0 Å². The van der Waals surface area contributed by atoms with Crippen molar-refractivity contribution in [3.63, 3.8) is 0 Å². The lowest BCUT2D eigenvalue weighted by Gasteiger charge is -2.38. The van der Waals surface area contributed by atoms with Crippen molar-refractivity contribution in [2.45, 2.75) is 30.6 Å². The molecule has 0 spiro atoms. The minimum atomic E-state index is -0.626. The van der Waals surface area contributed by atoms with Crippen LogP contribution in [0.15, 0.2) is 0 Å². The maximum absolute atomic E-state index is 11.1. The number of likely N-dealkylation sites (tertiary alicyclic amines) is 1. The van der Waals surface area contributed by atoms with E-state index >= 15 is 0 Å². The number of thioether (sulfide) groups is 1. The van der Waals surface area contributed by atoms with E-state index in [9.17, 15) is 4.79 Å². The van der Waals surface area contributed by atoms with Crippen molar-refractivity contribution in [3.05, 3.63) is 0 Å². The van der Waals surface area contributed by atoms with Crippen molar-refractivity contribution >= 4 is 17.7 Å². The van der Waals surface area contributed by atoms with Crippen LogP contribution >= 0.6 is 11.8 Å². The van der Waals surface area contributed by atoms with E-state index in [-0.39, 0.29) is 6.04 Å². The molecule has 1 N–H and O–H groups in total. The van der Waals surface area contributed by atoms with Crippen molar-refractivity contribution in [1.29, 1.82) is 0 Å². The third-order valence-corrected chi connectivity index (χ3v) is 4.30. The van der Waals surface area contributed by atoms with Crippen LogP contribution in [0.25, 0.3) is 0 Å². The molecule has 0 aromatic carbocycles. The van der Waals surface area contributed by atoms with E-state index in [0.29, 0.717) is 5.25 Å². The summed E-state index contributed by atoms with van der Waals surface area (Å²) < 4.78 is 0. The Kier molecular flexibility index (Phi) is 2.79. The lowest BCUT2D eigenvalue weighted by Crippen LogP contribution is -2.53. The lowest BCUT2D eigenvalue weighted by molar-refractivity contribution is -0.144. The topological polar surface area (TPSA) is 40.5 Å². The van der Waals surface area contributed by atoms with Gasteiger partial charge in [0.1, 0.15) is 6.04 Å². The van der Waals surface area contributed by atoms with E-state index in [1.54, 1.807) is 0 Å². The molecule has 0 saturated carbocycles. The molecular weight excluding hydrogens is 186 g/mol. The molecule has 2 heterocycles. The Morgan fingerprint density at radius 1 is 1.46 bits per heavy atom. The van der Waals surface area contributed by atoms with Crippen molar-refractivity contribution in [2.75, 3.05) is 18.8 Å². The molecule has 2 atom stereocenters. The monoisotopic (exact) mass is 201 g/mol. The van der Waals surface area contributed by atoms with Gasteiger partial charge in [-0.25, -0.2) is 0 Å². The maximum atomic E-state index is 11.1. The molecule has 4 heteroatoms. The van der Waals surface area contributed by atoms with E-state index < -0.39 is 5.97 Å². The Morgan fingerprint density at radius 2 is 2.23 bits per heavy atom. The van der Waals surface area contributed by atoms with Crippen LogP contribution in [0.4, 0.5) is 0 Å². The summed E-state index contributed by atoms with van der Waals surface area (Å²) in [7, 11) is 0. The fourth-order valence-electron chi connectivity index (χ4n) is 2.02. The summed E-state index contributed by atoms with van der Waals surface area (Å²) >= 11 is 1.83. The van der Waals surface area contributed by atoms with Crippen LogP contribution in [0.1, 0.15) is 19.3 Å². The predicted molar refractivity (Wildman–Crippen MR) is 53.1 cm³/mol. The van der Waals surface area contributed by atoms with Gasteiger partial charge in [0, 0.05) is 18.3 Å². The third-order valence-electron chi connectivity index (χ3n) is 2.85. The Labute approximate surface area is 82.5 Å². The molecule has 0 radical (unpaired) electrons. The van der Waals surface area contributed by atoms with E-state index in [4.69, 9.17) is 5.11 Å². The number of nitrogens with zero attached hydrogens (tertiary/aromatic N) is 1. The van der Waals surface area contributed by atoms with Crippen LogP contribution in [0, 0.1) is 0 Å². The summed E-state index contributed by atoms with van der Waals surface area (Å²) in [6.45, 7) is 1.96. The van der Waals surface area contributed by atoms with Gasteiger partial charge in [0.2, 0.25) is 0 Å². The largest absolute Gasteiger partial charge is 0.480 e. The van der Waals surface area contributed by atoms with Gasteiger partial charge in [-0.2, -0.15) is 11.8 Å². The second kappa shape index (κ2) is 3.88. The molecule has 2 unspecified atom stereocenters. The van der Waals surface area contributed by atoms with Gasteiger partial charge in [0.15, 0.2) is 0 Å². The maximum Gasteiger partial charge on any atom is 0.322 e. The van der Waals surface area contributed by atoms with Gasteiger partial charge in [-0.15, -0.1) is 0 Å². The zero-order chi connectivity index (χ0) is 9.26. The van der Waals surface area contributed by atoms with Gasteiger partial charge in [-0.05, 0) is 25.0 Å². The molecule has 2 aliphatic rings. The Bertz CT molecular complexity index is 200. The van der Waals surface area contributed by atoms with E-state index in [1.807, 2.05) is 11.8 Å². The van der Waals surface area contributed by atoms with Crippen molar-refractivity contribution in [1.82, 2.24) is 4.90 Å². The number of carboxylic acids is 1. The lowest BCUT2D eigenvalue weighted by atomic mass is 10.0. The van der Waals surface area contributed by atoms with Crippen LogP contribution in [0.3, 0.4) is 0 Å². The smallest absolute Gasteiger partial charge is 0.322 e. The molecular formula is C9H15NO2S. The van der Waals surface area contributed by atoms with Crippen LogP contribution < -0.4 is 0 Å². The minimum absolute atomic E-state index is 0.207. The molecule has 3 nitrogen and oxygen atoms in total. The number of carboxylic acid groups (broad SMARTS) is 1. The molecule has 2 rings (SSSR count). The molecule has 0 amide bonds. The van der Waals surface area contributed by atoms with Crippen molar-refractivity contribution < 1.29 is 9.90 Å². The number of hydrogen-bond acceptors (Lipinski definition) is 3. The number of hydrogen-bond donors (Lipinski definition) is 1. The van der Waals surface area contributed by atoms with Gasteiger partial charge in [0.05, 0.1) is 0 Å². The number of aliphatic carboxylic acids is 1. The zero-order valence-electron chi connectivity index (χ0n) is 7.61. The summed E-state index contributed by atoms with van der Waals surface area (Å²) in [5.74, 6) is 0.515. The van der Waals surface area contributed by atoms with E-state index in [1.165, 1.54) is 12.8 Å². The van der Waals surface area contributed by atoms with E-state index in [0.717, 1.165) is 25.3 Å². The van der Waals surface area contributed by atoms with E-state index in [2.05, 4.69) is 4.90 Å². The minimum Gasteiger partial charge on any atom is -0.480 e. The molecule has 0 bridgehead atoms. The highest BCUT2D eigenvalue weighted by molar-refractivity contribution is 8.00. The molecule has 2 aliphatic heterocycles. The normalized spacial score (nSPS) is 31.2. The third kappa shape index (κ3) is 1.83. The van der Waals surface area contributed by atoms with Crippen molar-refractivity contribution in [3.8, 4) is 0 Å². The fourth-order valence-corrected chi connectivity index (χ4v) is 3.46. The molecule has 0 aromatic heterocycles. The molecule has 0 aliphatic carbocycles. The average molecular weight is 201 g/mol. The van der Waals surface area contributed by atoms with Crippen LogP contribution in [-0.4, -0.2) is 46.1 Å². The SMILES string of the molecule is O=C(O)C(C1CCCS1)N1CCC1. The molecule has 74 valence electrons. The van der Waals surface area contributed by atoms with Gasteiger partial charge < -0.3 is 5.11 Å². The van der Waals surface area contributed by atoms with Gasteiger partial charge >= 0.3 is 5.97 Å². The van der Waals surface area contributed by atoms with Gasteiger partial charge in [0.25, 0.3) is 0 Å². The second-order valence-electron chi connectivity index (χ2n) is 3.72. The zero-order valence-corrected chi connectivity index (χ0v) is 8.42. The Balaban J connectivity index is 1.98. The summed E-state index contributed by atoms with van der Waals surface area (Å²) in [6, 6.07) is -0.207. The quantitative estimate of drug-likeness (QED) is 0.740. The summed E-state index contributed by atoms with van der Waals surface area (Å²) in [5, 5.41) is 9.46. The second-order valence-corrected chi connectivity index (χ2v) is 5.07. The highest BCUT2D eigenvalue weighted by atomic mass is 32.2. The number of carbonyl (C=O) groups is 1. The summed E-state index contributed by atoms with van der Waals surface area (Å²) in [6.07, 6.45) is 3.44. The molecule has 0 aromatic rings. The first kappa shape index (κ1) is 9.34. The molecule has 2 saturated heterocycles. The van der Waals surface area contributed by atoms with Gasteiger partial charge in [-0.1, -0.05) is 0 Å². The van der Waals surface area contributed by atoms with Gasteiger partial charge in [-0.3, -0.25) is 9.69 Å². The fraction of sp³-hybridized carbons (Fsp3) is 0.889. The Hall–Kier alpha value is -0.220. The standard InChI is InChI=1S/C9H15NO2S/c11-9(12)8(10-4-2-5-10)7-3-1-6-13-7/h7-8H,1-6H2,(H,11,12). The van der Waals surface area contributed by atoms with Crippen molar-refractivity contribution in [2.24, 2.45) is 0 Å². The summed E-state index contributed by atoms with van der Waals surface area (Å²) in [5.41, 5.74) is 0. The first-order valence-electron chi connectivity index (χ1n) is 4.87. The molecule has 13 heavy (non-hydrogen) atoms. The first-order chi connectivity index (χ1) is 6.29. The first-order valence-corrected chi connectivity index (χ1v) is 5.92. The number of rotatable bonds is 3. The average Bonchev–Trinajstić information content (AvgIpc) is 2.46. The summed E-state index contributed by atoms with van der Waals surface area (Å²) in [4.78, 5) is 13.2. The highest BCUT2D eigenvalue weighted by Crippen LogP contribution is 2.32. The van der Waals surface area contributed by atoms with Crippen LogP contribution in [-0.2, 0) is 4.79 Å².